The first-order chi connectivity index (χ1) is 14.4. The average molecular weight is 418 g/mol. The lowest BCUT2D eigenvalue weighted by Gasteiger charge is -2.35. The Bertz CT molecular complexity index is 788. The molecule has 1 N–H and O–H groups in total. The normalized spacial score (nSPS) is 24.2. The van der Waals surface area contributed by atoms with Crippen LogP contribution in [-0.4, -0.2) is 44.3 Å². The number of carbonyl (C=O) groups excluding carboxylic acids is 2. The number of amides is 1. The van der Waals surface area contributed by atoms with Crippen molar-refractivity contribution < 1.29 is 28.5 Å². The van der Waals surface area contributed by atoms with E-state index in [0.29, 0.717) is 47.9 Å². The summed E-state index contributed by atoms with van der Waals surface area (Å²) in [6.07, 6.45) is 5.28. The summed E-state index contributed by atoms with van der Waals surface area (Å²) in [5.74, 6) is 1.80. The predicted molar refractivity (Wildman–Crippen MR) is 113 cm³/mol. The molecule has 4 atom stereocenters. The summed E-state index contributed by atoms with van der Waals surface area (Å²) in [6.45, 7) is 6.88. The van der Waals surface area contributed by atoms with Crippen LogP contribution in [0.4, 0.5) is 0 Å². The zero-order valence-electron chi connectivity index (χ0n) is 18.1. The molecule has 1 saturated carbocycles. The van der Waals surface area contributed by atoms with Gasteiger partial charge in [-0.3, -0.25) is 4.79 Å². The molecule has 1 amide bonds. The lowest BCUT2D eigenvalue weighted by atomic mass is 9.78. The van der Waals surface area contributed by atoms with E-state index in [-0.39, 0.29) is 11.9 Å². The summed E-state index contributed by atoms with van der Waals surface area (Å²) >= 11 is 0. The summed E-state index contributed by atoms with van der Waals surface area (Å²) in [7, 11) is 1.55. The van der Waals surface area contributed by atoms with Gasteiger partial charge >= 0.3 is 5.97 Å². The average Bonchev–Trinajstić information content (AvgIpc) is 2.74. The molecule has 1 aromatic rings. The molecule has 2 aliphatic rings. The molecule has 0 bridgehead atoms. The Balaban J connectivity index is 1.57. The minimum absolute atomic E-state index is 0.128. The molecule has 0 unspecified atom stereocenters. The van der Waals surface area contributed by atoms with Gasteiger partial charge in [0, 0.05) is 12.1 Å². The van der Waals surface area contributed by atoms with Crippen LogP contribution in [0.5, 0.6) is 17.2 Å². The number of hydrogen-bond donors (Lipinski definition) is 1. The molecule has 1 aliphatic heterocycles. The van der Waals surface area contributed by atoms with E-state index in [4.69, 9.17) is 18.9 Å². The molecule has 3 rings (SSSR count). The summed E-state index contributed by atoms with van der Waals surface area (Å²) in [5, 5.41) is 3.04. The van der Waals surface area contributed by atoms with E-state index >= 15 is 0 Å². The topological polar surface area (TPSA) is 83.1 Å². The van der Waals surface area contributed by atoms with E-state index in [1.54, 1.807) is 32.2 Å². The minimum atomic E-state index is -0.860. The number of methoxy groups -OCH3 is 1. The SMILES string of the molecule is COc1cc(/C=C/C(=O)O[C@H](C)C(=O)N[C@@H]2CCC[C@H](C)[C@H]2C)cc2c1OCCO2. The zero-order chi connectivity index (χ0) is 21.7. The number of esters is 1. The number of nitrogens with one attached hydrogen (secondary N) is 1. The second-order valence-corrected chi connectivity index (χ2v) is 8.04. The largest absolute Gasteiger partial charge is 0.493 e. The minimum Gasteiger partial charge on any atom is -0.493 e. The molecule has 1 aromatic carbocycles. The van der Waals surface area contributed by atoms with Gasteiger partial charge in [0.05, 0.1) is 7.11 Å². The van der Waals surface area contributed by atoms with Gasteiger partial charge in [-0.15, -0.1) is 0 Å². The Labute approximate surface area is 177 Å². The second-order valence-electron chi connectivity index (χ2n) is 8.04. The highest BCUT2D eigenvalue weighted by molar-refractivity contribution is 5.90. The van der Waals surface area contributed by atoms with Crippen LogP contribution in [0.2, 0.25) is 0 Å². The van der Waals surface area contributed by atoms with Crippen LogP contribution in [0.25, 0.3) is 6.08 Å². The fourth-order valence-corrected chi connectivity index (χ4v) is 3.91. The molecule has 0 spiro atoms. The second kappa shape index (κ2) is 9.87. The van der Waals surface area contributed by atoms with Crippen molar-refractivity contribution in [3.8, 4) is 17.2 Å². The first kappa shape index (κ1) is 22.0. The van der Waals surface area contributed by atoms with Gasteiger partial charge < -0.3 is 24.3 Å². The number of ether oxygens (including phenoxy) is 4. The number of carbonyl (C=O) groups is 2. The van der Waals surface area contributed by atoms with Crippen LogP contribution in [0.1, 0.15) is 45.6 Å². The standard InChI is InChI=1S/C23H31NO6/c1-14-6-5-7-18(15(14)2)24-23(26)16(3)30-21(25)9-8-17-12-19(27-4)22-20(13-17)28-10-11-29-22/h8-9,12-16,18H,5-7,10-11H2,1-4H3,(H,24,26)/b9-8+/t14-,15+,16+,18+/m0/s1. The molecule has 30 heavy (non-hydrogen) atoms. The summed E-state index contributed by atoms with van der Waals surface area (Å²) in [6, 6.07) is 3.64. The van der Waals surface area contributed by atoms with Gasteiger partial charge in [0.25, 0.3) is 5.91 Å². The van der Waals surface area contributed by atoms with E-state index in [1.165, 1.54) is 12.5 Å². The molecule has 0 saturated heterocycles. The molecular weight excluding hydrogens is 386 g/mol. The Morgan fingerprint density at radius 3 is 2.73 bits per heavy atom. The predicted octanol–water partition coefficient (Wildman–Crippen LogP) is 3.35. The van der Waals surface area contributed by atoms with Gasteiger partial charge in [-0.1, -0.05) is 26.7 Å². The highest BCUT2D eigenvalue weighted by Gasteiger charge is 2.30. The third-order valence-corrected chi connectivity index (χ3v) is 5.96. The van der Waals surface area contributed by atoms with Crippen molar-refractivity contribution in [3.63, 3.8) is 0 Å². The summed E-state index contributed by atoms with van der Waals surface area (Å²) < 4.78 is 21.8. The van der Waals surface area contributed by atoms with Crippen LogP contribution in [0.3, 0.4) is 0 Å². The Kier molecular flexibility index (Phi) is 7.24. The number of benzene rings is 1. The van der Waals surface area contributed by atoms with Crippen molar-refractivity contribution in [2.24, 2.45) is 11.8 Å². The first-order valence-electron chi connectivity index (χ1n) is 10.6. The van der Waals surface area contributed by atoms with Gasteiger partial charge in [0.1, 0.15) is 13.2 Å². The first-order valence-corrected chi connectivity index (χ1v) is 10.6. The van der Waals surface area contributed by atoms with Crippen molar-refractivity contribution in [3.05, 3.63) is 23.8 Å². The van der Waals surface area contributed by atoms with Crippen molar-refractivity contribution in [1.29, 1.82) is 0 Å². The molecule has 1 aliphatic carbocycles. The maximum atomic E-state index is 12.5. The van der Waals surface area contributed by atoms with Crippen molar-refractivity contribution in [2.45, 2.75) is 52.2 Å². The molecule has 7 heteroatoms. The number of rotatable bonds is 6. The van der Waals surface area contributed by atoms with E-state index in [9.17, 15) is 9.59 Å². The molecule has 1 fully saturated rings. The fraction of sp³-hybridized carbons (Fsp3) is 0.565. The third kappa shape index (κ3) is 5.26. The van der Waals surface area contributed by atoms with E-state index in [0.717, 1.165) is 12.8 Å². The lowest BCUT2D eigenvalue weighted by molar-refractivity contribution is -0.150. The quantitative estimate of drug-likeness (QED) is 0.565. The highest BCUT2D eigenvalue weighted by atomic mass is 16.6. The number of fused-ring (bicyclic) bond motifs is 1. The van der Waals surface area contributed by atoms with E-state index < -0.39 is 12.1 Å². The van der Waals surface area contributed by atoms with Crippen LogP contribution >= 0.6 is 0 Å². The summed E-state index contributed by atoms with van der Waals surface area (Å²) in [5.41, 5.74) is 0.704. The fourth-order valence-electron chi connectivity index (χ4n) is 3.91. The highest BCUT2D eigenvalue weighted by Crippen LogP contribution is 2.40. The van der Waals surface area contributed by atoms with Crippen LogP contribution in [0.15, 0.2) is 18.2 Å². The van der Waals surface area contributed by atoms with Gasteiger partial charge in [0.15, 0.2) is 17.6 Å². The molecule has 7 nitrogen and oxygen atoms in total. The monoisotopic (exact) mass is 417 g/mol. The molecular formula is C23H31NO6. The van der Waals surface area contributed by atoms with Crippen molar-refractivity contribution in [1.82, 2.24) is 5.32 Å². The van der Waals surface area contributed by atoms with Crippen LogP contribution in [0, 0.1) is 11.8 Å². The Hall–Kier alpha value is -2.70. The van der Waals surface area contributed by atoms with Gasteiger partial charge in [0.2, 0.25) is 5.75 Å². The number of hydrogen-bond acceptors (Lipinski definition) is 6. The smallest absolute Gasteiger partial charge is 0.331 e. The van der Waals surface area contributed by atoms with Crippen molar-refractivity contribution in [2.75, 3.05) is 20.3 Å². The van der Waals surface area contributed by atoms with Gasteiger partial charge in [-0.25, -0.2) is 4.79 Å². The third-order valence-electron chi connectivity index (χ3n) is 5.96. The summed E-state index contributed by atoms with van der Waals surface area (Å²) in [4.78, 5) is 24.7. The Morgan fingerprint density at radius 1 is 1.20 bits per heavy atom. The van der Waals surface area contributed by atoms with Crippen LogP contribution in [-0.2, 0) is 14.3 Å². The van der Waals surface area contributed by atoms with Gasteiger partial charge in [-0.05, 0) is 49.0 Å². The molecule has 0 aromatic heterocycles. The van der Waals surface area contributed by atoms with Crippen molar-refractivity contribution >= 4 is 18.0 Å². The van der Waals surface area contributed by atoms with Crippen LogP contribution < -0.4 is 19.5 Å². The van der Waals surface area contributed by atoms with Gasteiger partial charge in [-0.2, -0.15) is 0 Å². The van der Waals surface area contributed by atoms with E-state index in [1.807, 2.05) is 0 Å². The lowest BCUT2D eigenvalue weighted by Crippen LogP contribution is -2.47. The van der Waals surface area contributed by atoms with E-state index in [2.05, 4.69) is 19.2 Å². The molecule has 0 radical (unpaired) electrons. The Morgan fingerprint density at radius 2 is 1.97 bits per heavy atom. The zero-order valence-corrected chi connectivity index (χ0v) is 18.1. The maximum absolute atomic E-state index is 12.5. The molecule has 164 valence electrons. The maximum Gasteiger partial charge on any atom is 0.331 e. The molecule has 1 heterocycles.